The highest BCUT2D eigenvalue weighted by molar-refractivity contribution is 7.27. The average Bonchev–Trinajstić information content (AvgIpc) is 3.67. The number of hydrogen-bond donors (Lipinski definition) is 0. The van der Waals surface area contributed by atoms with Crippen molar-refractivity contribution < 1.29 is 0 Å². The molecular formula is C36H21NS2. The van der Waals surface area contributed by atoms with E-state index in [0.717, 1.165) is 0 Å². The molecule has 0 saturated carbocycles. The van der Waals surface area contributed by atoms with Crippen LogP contribution in [0.5, 0.6) is 0 Å². The Balaban J connectivity index is 1.38. The van der Waals surface area contributed by atoms with Gasteiger partial charge in [0.1, 0.15) is 0 Å². The molecule has 0 spiro atoms. The van der Waals surface area contributed by atoms with E-state index >= 15 is 0 Å². The summed E-state index contributed by atoms with van der Waals surface area (Å²) in [6.45, 7) is 0. The minimum atomic E-state index is 1.24. The molecule has 9 rings (SSSR count). The van der Waals surface area contributed by atoms with Gasteiger partial charge >= 0.3 is 0 Å². The molecule has 1 nitrogen and oxygen atoms in total. The molecule has 0 aliphatic carbocycles. The summed E-state index contributed by atoms with van der Waals surface area (Å²) in [7, 11) is 0. The minimum absolute atomic E-state index is 1.24. The van der Waals surface area contributed by atoms with Crippen molar-refractivity contribution in [3.8, 4) is 16.8 Å². The van der Waals surface area contributed by atoms with Crippen LogP contribution in [-0.4, -0.2) is 4.57 Å². The number of fused-ring (bicyclic) bond motifs is 9. The molecule has 3 aromatic heterocycles. The third-order valence-electron chi connectivity index (χ3n) is 8.02. The molecule has 0 unspecified atom stereocenters. The van der Waals surface area contributed by atoms with Crippen molar-refractivity contribution in [3.05, 3.63) is 127 Å². The Morgan fingerprint density at radius 2 is 0.897 bits per heavy atom. The number of aromatic nitrogens is 1. The Kier molecular flexibility index (Phi) is 4.43. The summed E-state index contributed by atoms with van der Waals surface area (Å²) >= 11 is 3.82. The Bertz CT molecular complexity index is 2350. The minimum Gasteiger partial charge on any atom is -0.309 e. The van der Waals surface area contributed by atoms with Crippen LogP contribution in [0.4, 0.5) is 0 Å². The summed E-state index contributed by atoms with van der Waals surface area (Å²) in [6.07, 6.45) is 0. The molecule has 0 saturated heterocycles. The van der Waals surface area contributed by atoms with Crippen molar-refractivity contribution in [2.75, 3.05) is 0 Å². The highest BCUT2D eigenvalue weighted by Gasteiger charge is 2.19. The molecule has 0 aliphatic rings. The van der Waals surface area contributed by atoms with E-state index in [2.05, 4.69) is 132 Å². The van der Waals surface area contributed by atoms with Crippen molar-refractivity contribution in [3.63, 3.8) is 0 Å². The SMILES string of the molecule is c1ccc2c(c1)sc1c(-c3cccc4c3sc3cccc(-n5c6ccccc6c6ccccc65)c34)cccc12. The Labute approximate surface area is 232 Å². The lowest BCUT2D eigenvalue weighted by atomic mass is 10.00. The molecule has 3 heterocycles. The predicted molar refractivity (Wildman–Crippen MR) is 172 cm³/mol. The van der Waals surface area contributed by atoms with Crippen molar-refractivity contribution in [2.45, 2.75) is 0 Å². The van der Waals surface area contributed by atoms with Gasteiger partial charge in [0.15, 0.2) is 0 Å². The Morgan fingerprint density at radius 1 is 0.385 bits per heavy atom. The molecule has 0 fully saturated rings. The van der Waals surface area contributed by atoms with E-state index in [1.54, 1.807) is 0 Å². The average molecular weight is 532 g/mol. The van der Waals surface area contributed by atoms with E-state index in [1.165, 1.54) is 79.0 Å². The van der Waals surface area contributed by atoms with Gasteiger partial charge in [-0.05, 0) is 30.3 Å². The highest BCUT2D eigenvalue weighted by Crippen LogP contribution is 2.47. The highest BCUT2D eigenvalue weighted by atomic mass is 32.1. The lowest BCUT2D eigenvalue weighted by Gasteiger charge is -2.10. The van der Waals surface area contributed by atoms with Gasteiger partial charge in [0.25, 0.3) is 0 Å². The van der Waals surface area contributed by atoms with Gasteiger partial charge in [0.05, 0.1) is 16.7 Å². The van der Waals surface area contributed by atoms with Crippen molar-refractivity contribution >= 4 is 84.8 Å². The largest absolute Gasteiger partial charge is 0.309 e. The molecule has 0 N–H and O–H groups in total. The summed E-state index contributed by atoms with van der Waals surface area (Å²) in [5.74, 6) is 0. The second-order valence-electron chi connectivity index (χ2n) is 10.1. The molecule has 0 amide bonds. The van der Waals surface area contributed by atoms with Gasteiger partial charge in [-0.25, -0.2) is 0 Å². The first kappa shape index (κ1) is 21.5. The second kappa shape index (κ2) is 8.03. The van der Waals surface area contributed by atoms with Crippen molar-refractivity contribution in [2.24, 2.45) is 0 Å². The van der Waals surface area contributed by atoms with Gasteiger partial charge in [-0.1, -0.05) is 97.1 Å². The lowest BCUT2D eigenvalue weighted by Crippen LogP contribution is -1.94. The third-order valence-corrected chi connectivity index (χ3v) is 10.4. The zero-order chi connectivity index (χ0) is 25.5. The van der Waals surface area contributed by atoms with E-state index in [1.807, 2.05) is 22.7 Å². The van der Waals surface area contributed by atoms with Crippen LogP contribution in [0.25, 0.3) is 79.0 Å². The van der Waals surface area contributed by atoms with Crippen LogP contribution >= 0.6 is 22.7 Å². The van der Waals surface area contributed by atoms with Gasteiger partial charge in [-0.3, -0.25) is 0 Å². The maximum Gasteiger partial charge on any atom is 0.0555 e. The monoisotopic (exact) mass is 531 g/mol. The molecule has 6 aromatic carbocycles. The van der Waals surface area contributed by atoms with Gasteiger partial charge in [-0.2, -0.15) is 0 Å². The van der Waals surface area contributed by atoms with Crippen LogP contribution < -0.4 is 0 Å². The second-order valence-corrected chi connectivity index (χ2v) is 12.2. The standard InChI is InChI=1S/C36H21NS2/c1-4-17-29-22(10-1)23-11-2-5-18-30(23)37(29)31-19-9-21-33-34(31)28-16-8-15-27(36(28)39-33)26-14-7-13-25-24-12-3-6-20-32(24)38-35(25)26/h1-21H. The maximum absolute atomic E-state index is 2.46. The van der Waals surface area contributed by atoms with E-state index in [0.29, 0.717) is 0 Å². The molecule has 0 radical (unpaired) electrons. The molecule has 3 heteroatoms. The van der Waals surface area contributed by atoms with Gasteiger partial charge in [0, 0.05) is 62.2 Å². The van der Waals surface area contributed by atoms with Crippen LogP contribution in [0.1, 0.15) is 0 Å². The van der Waals surface area contributed by atoms with E-state index < -0.39 is 0 Å². The van der Waals surface area contributed by atoms with Crippen LogP contribution in [0.2, 0.25) is 0 Å². The maximum atomic E-state index is 2.46. The Morgan fingerprint density at radius 3 is 1.64 bits per heavy atom. The fourth-order valence-electron chi connectivity index (χ4n) is 6.37. The quantitative estimate of drug-likeness (QED) is 0.209. The van der Waals surface area contributed by atoms with E-state index in [9.17, 15) is 0 Å². The van der Waals surface area contributed by atoms with Crippen molar-refractivity contribution in [1.82, 2.24) is 4.57 Å². The van der Waals surface area contributed by atoms with Crippen LogP contribution in [0.15, 0.2) is 127 Å². The number of hydrogen-bond acceptors (Lipinski definition) is 2. The smallest absolute Gasteiger partial charge is 0.0555 e. The zero-order valence-corrected chi connectivity index (χ0v) is 22.5. The molecule has 0 atom stereocenters. The van der Waals surface area contributed by atoms with Crippen molar-refractivity contribution in [1.29, 1.82) is 0 Å². The summed E-state index contributed by atoms with van der Waals surface area (Å²) < 4.78 is 7.84. The molecule has 182 valence electrons. The molecule has 39 heavy (non-hydrogen) atoms. The molecule has 0 bridgehead atoms. The van der Waals surface area contributed by atoms with Crippen LogP contribution in [0, 0.1) is 0 Å². The fraction of sp³-hybridized carbons (Fsp3) is 0. The molecular weight excluding hydrogens is 511 g/mol. The third kappa shape index (κ3) is 2.94. The van der Waals surface area contributed by atoms with Crippen LogP contribution in [-0.2, 0) is 0 Å². The lowest BCUT2D eigenvalue weighted by molar-refractivity contribution is 1.20. The van der Waals surface area contributed by atoms with Gasteiger partial charge in [0.2, 0.25) is 0 Å². The van der Waals surface area contributed by atoms with Crippen LogP contribution in [0.3, 0.4) is 0 Å². The summed E-state index contributed by atoms with van der Waals surface area (Å²) in [5, 5.41) is 7.93. The normalized spacial score (nSPS) is 12.1. The summed E-state index contributed by atoms with van der Waals surface area (Å²) in [6, 6.07) is 46.7. The Hall–Kier alpha value is -4.44. The number of benzene rings is 6. The number of rotatable bonds is 2. The number of nitrogens with zero attached hydrogens (tertiary/aromatic N) is 1. The van der Waals surface area contributed by atoms with Gasteiger partial charge < -0.3 is 4.57 Å². The summed E-state index contributed by atoms with van der Waals surface area (Å²) in [5.41, 5.74) is 6.38. The first-order valence-electron chi connectivity index (χ1n) is 13.2. The van der Waals surface area contributed by atoms with E-state index in [-0.39, 0.29) is 0 Å². The first-order chi connectivity index (χ1) is 19.4. The number of para-hydroxylation sites is 2. The topological polar surface area (TPSA) is 4.93 Å². The zero-order valence-electron chi connectivity index (χ0n) is 20.9. The van der Waals surface area contributed by atoms with E-state index in [4.69, 9.17) is 0 Å². The molecule has 0 aliphatic heterocycles. The van der Waals surface area contributed by atoms with Gasteiger partial charge in [-0.15, -0.1) is 22.7 Å². The fourth-order valence-corrected chi connectivity index (χ4v) is 8.85. The predicted octanol–water partition coefficient (Wildman–Crippen LogP) is 11.2. The number of thiophene rings is 2. The first-order valence-corrected chi connectivity index (χ1v) is 14.8. The molecule has 9 aromatic rings. The summed E-state index contributed by atoms with van der Waals surface area (Å²) in [4.78, 5) is 0.